The van der Waals surface area contributed by atoms with Crippen molar-refractivity contribution in [3.63, 3.8) is 0 Å². The van der Waals surface area contributed by atoms with Gasteiger partial charge in [-0.2, -0.15) is 0 Å². The zero-order valence-corrected chi connectivity index (χ0v) is 16.3. The number of halogens is 1. The highest BCUT2D eigenvalue weighted by Gasteiger charge is 2.29. The van der Waals surface area contributed by atoms with Crippen molar-refractivity contribution >= 4 is 28.5 Å². The SMILES string of the molecule is CCOC(=O)C[C@H](c1cc(Cl)c2c(c1)OCO2)c1c(O)c2ccccc2[nH]c1=O. The van der Waals surface area contributed by atoms with Gasteiger partial charge in [-0.05, 0) is 36.8 Å². The Morgan fingerprint density at radius 1 is 1.31 bits per heavy atom. The molecule has 0 aliphatic carbocycles. The molecule has 0 amide bonds. The maximum Gasteiger partial charge on any atom is 0.306 e. The number of hydrogen-bond acceptors (Lipinski definition) is 6. The van der Waals surface area contributed by atoms with E-state index >= 15 is 0 Å². The van der Waals surface area contributed by atoms with Gasteiger partial charge in [-0.1, -0.05) is 23.7 Å². The van der Waals surface area contributed by atoms with Gasteiger partial charge in [-0.25, -0.2) is 0 Å². The number of carbonyl (C=O) groups is 1. The molecule has 2 aromatic carbocycles. The third kappa shape index (κ3) is 3.49. The van der Waals surface area contributed by atoms with Crippen LogP contribution in [0.25, 0.3) is 10.9 Å². The molecule has 0 spiro atoms. The predicted octanol–water partition coefficient (Wildman–Crippen LogP) is 3.70. The van der Waals surface area contributed by atoms with E-state index in [1.54, 1.807) is 43.3 Å². The number of fused-ring (bicyclic) bond motifs is 2. The molecule has 3 aromatic rings. The molecule has 29 heavy (non-hydrogen) atoms. The van der Waals surface area contributed by atoms with E-state index in [1.165, 1.54) is 0 Å². The van der Waals surface area contributed by atoms with Gasteiger partial charge < -0.3 is 24.3 Å². The molecule has 1 aliphatic rings. The molecule has 1 aromatic heterocycles. The first-order valence-corrected chi connectivity index (χ1v) is 9.46. The molecule has 4 rings (SSSR count). The molecule has 0 bridgehead atoms. The number of aromatic hydroxyl groups is 1. The zero-order valence-electron chi connectivity index (χ0n) is 15.5. The molecule has 1 aliphatic heterocycles. The number of nitrogens with one attached hydrogen (secondary N) is 1. The first-order valence-electron chi connectivity index (χ1n) is 9.08. The maximum atomic E-state index is 12.9. The lowest BCUT2D eigenvalue weighted by Gasteiger charge is -2.19. The number of aromatic nitrogens is 1. The average Bonchev–Trinajstić information content (AvgIpc) is 3.17. The summed E-state index contributed by atoms with van der Waals surface area (Å²) >= 11 is 6.31. The number of pyridine rings is 1. The average molecular weight is 416 g/mol. The Kier molecular flexibility index (Phi) is 5.07. The quantitative estimate of drug-likeness (QED) is 0.616. The number of aromatic amines is 1. The number of ether oxygens (including phenoxy) is 3. The Bertz CT molecular complexity index is 1160. The Morgan fingerprint density at radius 3 is 2.90 bits per heavy atom. The summed E-state index contributed by atoms with van der Waals surface area (Å²) in [5, 5.41) is 11.7. The van der Waals surface area contributed by atoms with Crippen LogP contribution in [-0.4, -0.2) is 29.5 Å². The standard InChI is InChI=1S/C21H18ClNO6/c1-2-27-17(24)9-13(11-7-14(22)20-16(8-11)28-10-29-20)18-19(25)12-5-3-4-6-15(12)23-21(18)26/h3-8,13H,2,9-10H2,1H3,(H2,23,25,26)/t13-/m1/s1. The van der Waals surface area contributed by atoms with E-state index in [2.05, 4.69) is 4.98 Å². The van der Waals surface area contributed by atoms with E-state index in [0.29, 0.717) is 33.0 Å². The van der Waals surface area contributed by atoms with Crippen molar-refractivity contribution in [2.45, 2.75) is 19.3 Å². The molecular formula is C21H18ClNO6. The van der Waals surface area contributed by atoms with Crippen LogP contribution >= 0.6 is 11.6 Å². The third-order valence-electron chi connectivity index (χ3n) is 4.81. The van der Waals surface area contributed by atoms with Gasteiger partial charge in [0.2, 0.25) is 6.79 Å². The molecule has 7 nitrogen and oxygen atoms in total. The van der Waals surface area contributed by atoms with Crippen LogP contribution in [0.4, 0.5) is 0 Å². The topological polar surface area (TPSA) is 97.8 Å². The molecule has 8 heteroatoms. The smallest absolute Gasteiger partial charge is 0.306 e. The second-order valence-electron chi connectivity index (χ2n) is 6.56. The molecule has 2 heterocycles. The Morgan fingerprint density at radius 2 is 2.10 bits per heavy atom. The highest BCUT2D eigenvalue weighted by atomic mass is 35.5. The largest absolute Gasteiger partial charge is 0.507 e. The van der Waals surface area contributed by atoms with Crippen LogP contribution in [0.2, 0.25) is 5.02 Å². The summed E-state index contributed by atoms with van der Waals surface area (Å²) in [6, 6.07) is 10.2. The van der Waals surface area contributed by atoms with E-state index < -0.39 is 17.4 Å². The minimum Gasteiger partial charge on any atom is -0.507 e. The van der Waals surface area contributed by atoms with Gasteiger partial charge in [0.1, 0.15) is 5.75 Å². The zero-order chi connectivity index (χ0) is 20.5. The molecule has 150 valence electrons. The first kappa shape index (κ1) is 19.1. The van der Waals surface area contributed by atoms with Gasteiger partial charge in [0.25, 0.3) is 5.56 Å². The van der Waals surface area contributed by atoms with Gasteiger partial charge in [-0.15, -0.1) is 0 Å². The number of benzene rings is 2. The van der Waals surface area contributed by atoms with E-state index in [9.17, 15) is 14.7 Å². The highest BCUT2D eigenvalue weighted by molar-refractivity contribution is 6.32. The van der Waals surface area contributed by atoms with Crippen molar-refractivity contribution in [2.24, 2.45) is 0 Å². The number of esters is 1. The molecular weight excluding hydrogens is 398 g/mol. The second kappa shape index (κ2) is 7.67. The van der Waals surface area contributed by atoms with Crippen molar-refractivity contribution in [3.05, 3.63) is 62.9 Å². The monoisotopic (exact) mass is 415 g/mol. The van der Waals surface area contributed by atoms with Gasteiger partial charge >= 0.3 is 5.97 Å². The lowest BCUT2D eigenvalue weighted by atomic mass is 9.87. The van der Waals surface area contributed by atoms with Crippen molar-refractivity contribution < 1.29 is 24.1 Å². The van der Waals surface area contributed by atoms with Gasteiger partial charge in [-0.3, -0.25) is 9.59 Å². The molecule has 0 unspecified atom stereocenters. The summed E-state index contributed by atoms with van der Waals surface area (Å²) in [5.74, 6) is -0.667. The van der Waals surface area contributed by atoms with E-state index in [0.717, 1.165) is 0 Å². The minimum atomic E-state index is -0.797. The van der Waals surface area contributed by atoms with Gasteiger partial charge in [0, 0.05) is 11.3 Å². The summed E-state index contributed by atoms with van der Waals surface area (Å²) in [5.41, 5.74) is 0.594. The lowest BCUT2D eigenvalue weighted by Crippen LogP contribution is -2.21. The Labute approximate surface area is 170 Å². The molecule has 0 saturated carbocycles. The molecule has 1 atom stereocenters. The number of para-hydroxylation sites is 1. The fourth-order valence-corrected chi connectivity index (χ4v) is 3.80. The van der Waals surface area contributed by atoms with Crippen LogP contribution in [0.3, 0.4) is 0 Å². The normalized spacial score (nSPS) is 13.4. The lowest BCUT2D eigenvalue weighted by molar-refractivity contribution is -0.143. The van der Waals surface area contributed by atoms with Crippen LogP contribution < -0.4 is 15.0 Å². The maximum absolute atomic E-state index is 12.9. The van der Waals surface area contributed by atoms with Crippen molar-refractivity contribution in [1.29, 1.82) is 0 Å². The molecule has 0 fully saturated rings. The number of hydrogen-bond donors (Lipinski definition) is 2. The Hall–Kier alpha value is -3.19. The van der Waals surface area contributed by atoms with E-state index in [4.69, 9.17) is 25.8 Å². The summed E-state index contributed by atoms with van der Waals surface area (Å²) in [6.45, 7) is 1.93. The van der Waals surface area contributed by atoms with Crippen LogP contribution in [0.15, 0.2) is 41.2 Å². The molecule has 0 radical (unpaired) electrons. The van der Waals surface area contributed by atoms with E-state index in [1.807, 2.05) is 0 Å². The van der Waals surface area contributed by atoms with Crippen LogP contribution in [-0.2, 0) is 9.53 Å². The van der Waals surface area contributed by atoms with E-state index in [-0.39, 0.29) is 31.1 Å². The fraction of sp³-hybridized carbons (Fsp3) is 0.238. The van der Waals surface area contributed by atoms with Crippen LogP contribution in [0, 0.1) is 0 Å². The number of carbonyl (C=O) groups excluding carboxylic acids is 1. The van der Waals surface area contributed by atoms with Crippen molar-refractivity contribution in [3.8, 4) is 17.2 Å². The first-order chi connectivity index (χ1) is 14.0. The predicted molar refractivity (Wildman–Crippen MR) is 107 cm³/mol. The fourth-order valence-electron chi connectivity index (χ4n) is 3.53. The summed E-state index contributed by atoms with van der Waals surface area (Å²) < 4.78 is 15.8. The Balaban J connectivity index is 1.91. The molecule has 2 N–H and O–H groups in total. The van der Waals surface area contributed by atoms with Crippen LogP contribution in [0.1, 0.15) is 30.4 Å². The highest BCUT2D eigenvalue weighted by Crippen LogP contribution is 2.44. The van der Waals surface area contributed by atoms with Crippen molar-refractivity contribution in [2.75, 3.05) is 13.4 Å². The summed E-state index contributed by atoms with van der Waals surface area (Å²) in [4.78, 5) is 27.9. The summed E-state index contributed by atoms with van der Waals surface area (Å²) in [7, 11) is 0. The number of rotatable bonds is 5. The van der Waals surface area contributed by atoms with Crippen LogP contribution in [0.5, 0.6) is 17.2 Å². The summed E-state index contributed by atoms with van der Waals surface area (Å²) in [6.07, 6.45) is -0.154. The third-order valence-corrected chi connectivity index (χ3v) is 5.09. The van der Waals surface area contributed by atoms with Crippen molar-refractivity contribution in [1.82, 2.24) is 4.98 Å². The second-order valence-corrected chi connectivity index (χ2v) is 6.97. The molecule has 0 saturated heterocycles. The van der Waals surface area contributed by atoms with Gasteiger partial charge in [0.05, 0.1) is 29.1 Å². The number of H-pyrrole nitrogens is 1. The van der Waals surface area contributed by atoms with Gasteiger partial charge in [0.15, 0.2) is 11.5 Å². The minimum absolute atomic E-state index is 0.0306.